The van der Waals surface area contributed by atoms with Gasteiger partial charge in [-0.1, -0.05) is 55.4 Å². The molecule has 2 N–H and O–H groups in total. The van der Waals surface area contributed by atoms with Gasteiger partial charge >= 0.3 is 0 Å². The molecule has 2 heterocycles. The molecule has 2 aliphatic heterocycles. The lowest BCUT2D eigenvalue weighted by Crippen LogP contribution is -2.21. The van der Waals surface area contributed by atoms with Crippen LogP contribution in [0.25, 0.3) is 0 Å². The van der Waals surface area contributed by atoms with Crippen LogP contribution >= 0.6 is 0 Å². The lowest BCUT2D eigenvalue weighted by Gasteiger charge is -2.28. The summed E-state index contributed by atoms with van der Waals surface area (Å²) in [5.74, 6) is 0. The molecule has 2 unspecified atom stereocenters. The minimum absolute atomic E-state index is 0.131. The van der Waals surface area contributed by atoms with Crippen LogP contribution in [0.15, 0.2) is 56.1 Å². The molecule has 0 bridgehead atoms. The van der Waals surface area contributed by atoms with Crippen molar-refractivity contribution in [2.75, 3.05) is 13.2 Å². The highest BCUT2D eigenvalue weighted by molar-refractivity contribution is 7.99. The third kappa shape index (κ3) is 9.52. The molecule has 0 aromatic carbocycles. The zero-order valence-corrected chi connectivity index (χ0v) is 25.3. The first-order chi connectivity index (χ1) is 16.5. The summed E-state index contributed by atoms with van der Waals surface area (Å²) in [4.78, 5) is 3.38. The van der Waals surface area contributed by atoms with Crippen molar-refractivity contribution in [2.45, 2.75) is 93.9 Å². The molecule has 2 atom stereocenters. The van der Waals surface area contributed by atoms with Gasteiger partial charge in [-0.15, -0.1) is 0 Å². The van der Waals surface area contributed by atoms with Crippen LogP contribution in [-0.2, 0) is 22.4 Å². The van der Waals surface area contributed by atoms with Crippen molar-refractivity contribution in [2.24, 2.45) is 21.7 Å². The smallest absolute Gasteiger partial charge is 0.155 e. The van der Waals surface area contributed by atoms with Crippen molar-refractivity contribution in [1.29, 1.82) is 0 Å². The predicted molar refractivity (Wildman–Crippen MR) is 155 cm³/mol. The van der Waals surface area contributed by atoms with Crippen molar-refractivity contribution in [3.63, 3.8) is 0 Å². The van der Waals surface area contributed by atoms with Crippen LogP contribution in [0.2, 0.25) is 0 Å². The minimum atomic E-state index is -1.24. The second kappa shape index (κ2) is 12.4. The molecule has 0 saturated carbocycles. The third-order valence-corrected chi connectivity index (χ3v) is 9.78. The molecule has 0 spiro atoms. The monoisotopic (exact) mass is 536 g/mol. The van der Waals surface area contributed by atoms with Crippen LogP contribution in [0.3, 0.4) is 0 Å². The summed E-state index contributed by atoms with van der Waals surface area (Å²) < 4.78 is 26.8. The van der Waals surface area contributed by atoms with Crippen LogP contribution in [-0.4, -0.2) is 32.5 Å². The van der Waals surface area contributed by atoms with Gasteiger partial charge in [-0.2, -0.15) is 0 Å². The van der Waals surface area contributed by atoms with E-state index in [1.807, 2.05) is 52.0 Å². The van der Waals surface area contributed by atoms with E-state index in [1.54, 1.807) is 0 Å². The molecular weight excluding hydrogens is 488 g/mol. The van der Waals surface area contributed by atoms with Crippen LogP contribution in [0.1, 0.15) is 93.9 Å². The number of aliphatic hydroxyl groups is 2. The molecule has 0 fully saturated rings. The summed E-state index contributed by atoms with van der Waals surface area (Å²) in [7, 11) is 0. The zero-order valence-electron chi connectivity index (χ0n) is 23.6. The highest BCUT2D eigenvalue weighted by Crippen LogP contribution is 2.40. The van der Waals surface area contributed by atoms with Crippen molar-refractivity contribution in [1.82, 2.24) is 0 Å². The molecule has 0 amide bonds. The summed E-state index contributed by atoms with van der Waals surface area (Å²) in [5, 5.41) is 19.1. The quantitative estimate of drug-likeness (QED) is 0.262. The normalized spacial score (nSPS) is 24.3. The SMILES string of the molecule is CC1(C)C=C(C=CC2=CC(C)(C)C=C(CCCC(C)(C)CO)[S+]2[O-])[S+]([O-])C(CCCC(C)(C)CO)=C1. The van der Waals surface area contributed by atoms with Gasteiger partial charge in [0, 0.05) is 59.2 Å². The fourth-order valence-corrected chi connectivity index (χ4v) is 7.81. The molecule has 2 rings (SSSR count). The number of rotatable bonds is 12. The Kier molecular flexibility index (Phi) is 10.8. The van der Waals surface area contributed by atoms with Crippen LogP contribution in [0, 0.1) is 21.7 Å². The summed E-state index contributed by atoms with van der Waals surface area (Å²) >= 11 is -2.49. The molecular formula is C30H48O4S2. The number of allylic oxidation sites excluding steroid dienone is 8. The average Bonchev–Trinajstić information content (AvgIpc) is 2.76. The van der Waals surface area contributed by atoms with E-state index in [2.05, 4.69) is 39.8 Å². The molecule has 0 aromatic heterocycles. The largest absolute Gasteiger partial charge is 0.607 e. The maximum absolute atomic E-state index is 13.4. The summed E-state index contributed by atoms with van der Waals surface area (Å²) in [6.07, 6.45) is 17.1. The highest BCUT2D eigenvalue weighted by Gasteiger charge is 2.33. The summed E-state index contributed by atoms with van der Waals surface area (Å²) in [6.45, 7) is 16.9. The van der Waals surface area contributed by atoms with E-state index < -0.39 is 22.4 Å². The lowest BCUT2D eigenvalue weighted by molar-refractivity contribution is 0.148. The Morgan fingerprint density at radius 3 is 1.33 bits per heavy atom. The Morgan fingerprint density at radius 1 is 0.694 bits per heavy atom. The molecule has 0 aromatic rings. The van der Waals surface area contributed by atoms with E-state index in [-0.39, 0.29) is 34.9 Å². The fraction of sp³-hybridized carbons (Fsp3) is 0.667. The maximum atomic E-state index is 13.4. The topological polar surface area (TPSA) is 86.6 Å². The third-order valence-electron chi connectivity index (χ3n) is 6.82. The van der Waals surface area contributed by atoms with Crippen LogP contribution in [0.4, 0.5) is 0 Å². The second-order valence-electron chi connectivity index (χ2n) is 13.2. The first-order valence-corrected chi connectivity index (χ1v) is 15.4. The summed E-state index contributed by atoms with van der Waals surface area (Å²) in [5.41, 5.74) is -0.679. The van der Waals surface area contributed by atoms with Crippen molar-refractivity contribution >= 4 is 22.4 Å². The second-order valence-corrected chi connectivity index (χ2v) is 16.2. The number of hydrogen-bond acceptors (Lipinski definition) is 4. The number of aliphatic hydroxyl groups excluding tert-OH is 2. The lowest BCUT2D eigenvalue weighted by atomic mass is 9.87. The van der Waals surface area contributed by atoms with Crippen LogP contribution in [0.5, 0.6) is 0 Å². The van der Waals surface area contributed by atoms with Gasteiger partial charge in [0.15, 0.2) is 9.81 Å². The van der Waals surface area contributed by atoms with E-state index in [4.69, 9.17) is 0 Å². The fourth-order valence-electron chi connectivity index (χ4n) is 4.52. The molecule has 0 radical (unpaired) electrons. The van der Waals surface area contributed by atoms with Crippen molar-refractivity contribution in [3.05, 3.63) is 56.1 Å². The molecule has 204 valence electrons. The molecule has 36 heavy (non-hydrogen) atoms. The predicted octanol–water partition coefficient (Wildman–Crippen LogP) is 7.03. The van der Waals surface area contributed by atoms with E-state index in [1.165, 1.54) is 0 Å². The van der Waals surface area contributed by atoms with Gasteiger partial charge in [0.25, 0.3) is 0 Å². The summed E-state index contributed by atoms with van der Waals surface area (Å²) in [6, 6.07) is 0. The maximum Gasteiger partial charge on any atom is 0.155 e. The van der Waals surface area contributed by atoms with E-state index >= 15 is 0 Å². The average molecular weight is 537 g/mol. The number of hydrogen-bond donors (Lipinski definition) is 2. The Bertz CT molecular complexity index is 845. The van der Waals surface area contributed by atoms with E-state index in [0.29, 0.717) is 0 Å². The molecule has 0 saturated heterocycles. The Labute approximate surface area is 226 Å². The van der Waals surface area contributed by atoms with Gasteiger partial charge in [-0.05, 0) is 73.0 Å². The van der Waals surface area contributed by atoms with Crippen molar-refractivity contribution in [3.8, 4) is 0 Å². The van der Waals surface area contributed by atoms with E-state index in [9.17, 15) is 19.3 Å². The van der Waals surface area contributed by atoms with Gasteiger partial charge in [0.05, 0.1) is 0 Å². The molecule has 0 aliphatic carbocycles. The van der Waals surface area contributed by atoms with Gasteiger partial charge in [-0.3, -0.25) is 0 Å². The Morgan fingerprint density at radius 2 is 1.03 bits per heavy atom. The standard InChI is InChI=1S/C30H48O4S2/c1-27(2,21-31)15-9-11-23-17-29(5,6)19-25(35(23)33)13-14-26-20-30(7,8)18-24(36(26)34)12-10-16-28(3,4)22-32/h13-14,17-20,31-32H,9-12,15-16,21-22H2,1-8H3. The van der Waals surface area contributed by atoms with Gasteiger partial charge in [-0.25, -0.2) is 0 Å². The van der Waals surface area contributed by atoms with Crippen LogP contribution < -0.4 is 0 Å². The minimum Gasteiger partial charge on any atom is -0.607 e. The molecule has 6 heteroatoms. The Balaban J connectivity index is 2.14. The van der Waals surface area contributed by atoms with Crippen molar-refractivity contribution < 1.29 is 19.3 Å². The molecule has 4 nitrogen and oxygen atoms in total. The zero-order chi connectivity index (χ0) is 27.4. The molecule has 2 aliphatic rings. The highest BCUT2D eigenvalue weighted by atomic mass is 32.2. The first kappa shape index (κ1) is 31.5. The van der Waals surface area contributed by atoms with Gasteiger partial charge in [0.1, 0.15) is 9.81 Å². The van der Waals surface area contributed by atoms with Gasteiger partial charge in [0.2, 0.25) is 0 Å². The Hall–Kier alpha value is -0.760. The first-order valence-electron chi connectivity index (χ1n) is 13.1. The van der Waals surface area contributed by atoms with E-state index in [0.717, 1.165) is 58.1 Å². The van der Waals surface area contributed by atoms with Gasteiger partial charge < -0.3 is 19.3 Å².